The lowest BCUT2D eigenvalue weighted by molar-refractivity contribution is 0.185. The number of aromatic nitrogens is 1. The molecule has 2 rings (SSSR count). The quantitative estimate of drug-likeness (QED) is 0.905. The largest absolute Gasteiger partial charge is 0.380 e. The van der Waals surface area contributed by atoms with Crippen LogP contribution in [0.3, 0.4) is 0 Å². The molecule has 90 valence electrons. The number of benzene rings is 1. The molecule has 0 amide bonds. The van der Waals surface area contributed by atoms with Crippen molar-refractivity contribution >= 4 is 11.3 Å². The van der Waals surface area contributed by atoms with Gasteiger partial charge in [0.2, 0.25) is 0 Å². The molecule has 1 aromatic heterocycles. The monoisotopic (exact) mass is 248 g/mol. The summed E-state index contributed by atoms with van der Waals surface area (Å²) in [4.78, 5) is 4.56. The highest BCUT2D eigenvalue weighted by Gasteiger charge is 2.10. The van der Waals surface area contributed by atoms with Crippen LogP contribution in [0.2, 0.25) is 0 Å². The maximum Gasteiger partial charge on any atom is 0.124 e. The van der Waals surface area contributed by atoms with Crippen molar-refractivity contribution < 1.29 is 4.74 Å². The summed E-state index contributed by atoms with van der Waals surface area (Å²) in [6, 6.07) is 8.14. The van der Waals surface area contributed by atoms with Crippen molar-refractivity contribution in [2.75, 3.05) is 7.11 Å². The Labute approximate surface area is 105 Å². The van der Waals surface area contributed by atoms with Crippen molar-refractivity contribution in [2.45, 2.75) is 19.6 Å². The molecule has 3 nitrogen and oxygen atoms in total. The summed E-state index contributed by atoms with van der Waals surface area (Å²) in [5, 5.41) is 3.02. The SMILES string of the molecule is COCc1ccccc1-c1nc(C(C)N)cs1. The van der Waals surface area contributed by atoms with E-state index in [1.54, 1.807) is 18.4 Å². The third-order valence-corrected chi connectivity index (χ3v) is 3.43. The van der Waals surface area contributed by atoms with Gasteiger partial charge in [-0.3, -0.25) is 0 Å². The molecular formula is C13H16N2OS. The second-order valence-corrected chi connectivity index (χ2v) is 4.81. The Bertz CT molecular complexity index is 494. The first-order valence-corrected chi connectivity index (χ1v) is 6.38. The molecule has 0 radical (unpaired) electrons. The standard InChI is InChI=1S/C13H16N2OS/c1-9(14)12-8-17-13(15-12)11-6-4-3-5-10(11)7-16-2/h3-6,8-9H,7,14H2,1-2H3. The molecule has 0 saturated carbocycles. The van der Waals surface area contributed by atoms with Crippen LogP contribution >= 0.6 is 11.3 Å². The molecule has 2 aromatic rings. The van der Waals surface area contributed by atoms with Gasteiger partial charge in [-0.25, -0.2) is 4.98 Å². The fourth-order valence-corrected chi connectivity index (χ4v) is 2.61. The highest BCUT2D eigenvalue weighted by atomic mass is 32.1. The Morgan fingerprint density at radius 3 is 2.82 bits per heavy atom. The lowest BCUT2D eigenvalue weighted by Crippen LogP contribution is -2.04. The third-order valence-electron chi connectivity index (χ3n) is 2.54. The van der Waals surface area contributed by atoms with Crippen molar-refractivity contribution in [3.05, 3.63) is 40.9 Å². The molecule has 1 atom stereocenters. The van der Waals surface area contributed by atoms with Crippen LogP contribution < -0.4 is 5.73 Å². The van der Waals surface area contributed by atoms with Gasteiger partial charge in [0.15, 0.2) is 0 Å². The zero-order chi connectivity index (χ0) is 12.3. The second-order valence-electron chi connectivity index (χ2n) is 3.96. The molecule has 0 saturated heterocycles. The van der Waals surface area contributed by atoms with E-state index in [1.165, 1.54) is 0 Å². The van der Waals surface area contributed by atoms with Gasteiger partial charge in [0, 0.05) is 24.1 Å². The Balaban J connectivity index is 2.38. The minimum Gasteiger partial charge on any atom is -0.380 e. The molecule has 17 heavy (non-hydrogen) atoms. The third kappa shape index (κ3) is 2.72. The van der Waals surface area contributed by atoms with E-state index in [0.717, 1.165) is 21.8 Å². The number of ether oxygens (including phenoxy) is 1. The fourth-order valence-electron chi connectivity index (χ4n) is 1.63. The average Bonchev–Trinajstić information content (AvgIpc) is 2.79. The summed E-state index contributed by atoms with van der Waals surface area (Å²) in [5.41, 5.74) is 9.05. The predicted molar refractivity (Wildman–Crippen MR) is 70.9 cm³/mol. The molecule has 1 heterocycles. The number of hydrogen-bond acceptors (Lipinski definition) is 4. The number of methoxy groups -OCH3 is 1. The maximum absolute atomic E-state index is 5.82. The number of nitrogens with zero attached hydrogens (tertiary/aromatic N) is 1. The molecule has 0 spiro atoms. The summed E-state index contributed by atoms with van der Waals surface area (Å²) < 4.78 is 5.20. The van der Waals surface area contributed by atoms with Crippen LogP contribution in [0.15, 0.2) is 29.6 Å². The maximum atomic E-state index is 5.82. The van der Waals surface area contributed by atoms with Gasteiger partial charge in [-0.2, -0.15) is 0 Å². The molecule has 4 heteroatoms. The Morgan fingerprint density at radius 2 is 2.18 bits per heavy atom. The fraction of sp³-hybridized carbons (Fsp3) is 0.308. The molecule has 2 N–H and O–H groups in total. The molecule has 0 fully saturated rings. The highest BCUT2D eigenvalue weighted by molar-refractivity contribution is 7.13. The van der Waals surface area contributed by atoms with Gasteiger partial charge in [0.25, 0.3) is 0 Å². The topological polar surface area (TPSA) is 48.1 Å². The van der Waals surface area contributed by atoms with E-state index in [1.807, 2.05) is 24.4 Å². The summed E-state index contributed by atoms with van der Waals surface area (Å²) in [6.45, 7) is 2.54. The number of thiazole rings is 1. The van der Waals surface area contributed by atoms with Crippen LogP contribution in [0.4, 0.5) is 0 Å². The summed E-state index contributed by atoms with van der Waals surface area (Å²) >= 11 is 1.62. The smallest absolute Gasteiger partial charge is 0.124 e. The molecule has 0 aliphatic carbocycles. The summed E-state index contributed by atoms with van der Waals surface area (Å²) in [5.74, 6) is 0. The molecule has 1 aromatic carbocycles. The van der Waals surface area contributed by atoms with Crippen LogP contribution in [0.5, 0.6) is 0 Å². The second kappa shape index (κ2) is 5.40. The lowest BCUT2D eigenvalue weighted by Gasteiger charge is -2.05. The molecular weight excluding hydrogens is 232 g/mol. The number of hydrogen-bond donors (Lipinski definition) is 1. The predicted octanol–water partition coefficient (Wildman–Crippen LogP) is 2.98. The summed E-state index contributed by atoms with van der Waals surface area (Å²) in [7, 11) is 1.70. The lowest BCUT2D eigenvalue weighted by atomic mass is 10.1. The number of nitrogens with two attached hydrogens (primary N) is 1. The van der Waals surface area contributed by atoms with Gasteiger partial charge in [-0.15, -0.1) is 11.3 Å². The zero-order valence-electron chi connectivity index (χ0n) is 10.0. The first-order chi connectivity index (χ1) is 8.22. The van der Waals surface area contributed by atoms with Crippen LogP contribution in [0.25, 0.3) is 10.6 Å². The Hall–Kier alpha value is -1.23. The van der Waals surface area contributed by atoms with E-state index >= 15 is 0 Å². The minimum atomic E-state index is -0.0189. The van der Waals surface area contributed by atoms with Crippen LogP contribution in [-0.4, -0.2) is 12.1 Å². The first-order valence-electron chi connectivity index (χ1n) is 5.50. The van der Waals surface area contributed by atoms with Crippen molar-refractivity contribution in [1.29, 1.82) is 0 Å². The minimum absolute atomic E-state index is 0.0189. The van der Waals surface area contributed by atoms with E-state index in [-0.39, 0.29) is 6.04 Å². The van der Waals surface area contributed by atoms with Gasteiger partial charge in [0.05, 0.1) is 12.3 Å². The highest BCUT2D eigenvalue weighted by Crippen LogP contribution is 2.28. The summed E-state index contributed by atoms with van der Waals surface area (Å²) in [6.07, 6.45) is 0. The van der Waals surface area contributed by atoms with Crippen molar-refractivity contribution in [2.24, 2.45) is 5.73 Å². The first kappa shape index (κ1) is 12.2. The molecule has 0 aliphatic heterocycles. The van der Waals surface area contributed by atoms with E-state index in [4.69, 9.17) is 10.5 Å². The molecule has 0 bridgehead atoms. The Morgan fingerprint density at radius 1 is 1.41 bits per heavy atom. The van der Waals surface area contributed by atoms with Gasteiger partial charge in [0.1, 0.15) is 5.01 Å². The van der Waals surface area contributed by atoms with Crippen LogP contribution in [-0.2, 0) is 11.3 Å². The Kier molecular flexibility index (Phi) is 3.89. The van der Waals surface area contributed by atoms with Gasteiger partial charge >= 0.3 is 0 Å². The van der Waals surface area contributed by atoms with Gasteiger partial charge in [-0.1, -0.05) is 24.3 Å². The molecule has 0 aliphatic rings. The van der Waals surface area contributed by atoms with Crippen molar-refractivity contribution in [1.82, 2.24) is 4.98 Å². The van der Waals surface area contributed by atoms with Gasteiger partial charge in [-0.05, 0) is 12.5 Å². The van der Waals surface area contributed by atoms with E-state index in [2.05, 4.69) is 17.1 Å². The van der Waals surface area contributed by atoms with Crippen molar-refractivity contribution in [3.8, 4) is 10.6 Å². The van der Waals surface area contributed by atoms with E-state index < -0.39 is 0 Å². The normalized spacial score (nSPS) is 12.6. The van der Waals surface area contributed by atoms with Crippen molar-refractivity contribution in [3.63, 3.8) is 0 Å². The zero-order valence-corrected chi connectivity index (χ0v) is 10.8. The molecule has 1 unspecified atom stereocenters. The van der Waals surface area contributed by atoms with E-state index in [9.17, 15) is 0 Å². The van der Waals surface area contributed by atoms with Gasteiger partial charge < -0.3 is 10.5 Å². The van der Waals surface area contributed by atoms with E-state index in [0.29, 0.717) is 6.61 Å². The number of rotatable bonds is 4. The average molecular weight is 248 g/mol. The van der Waals surface area contributed by atoms with Crippen LogP contribution in [0.1, 0.15) is 24.2 Å². The van der Waals surface area contributed by atoms with Crippen LogP contribution in [0, 0.1) is 0 Å².